The van der Waals surface area contributed by atoms with E-state index in [4.69, 9.17) is 9.47 Å². The molecule has 9 unspecified atom stereocenters. The Labute approximate surface area is 310 Å². The molecule has 9 atom stereocenters. The zero-order valence-corrected chi connectivity index (χ0v) is 33.6. The lowest BCUT2D eigenvalue weighted by atomic mass is 9.87. The molecular formula is C44H82N4O2+4. The van der Waals surface area contributed by atoms with E-state index in [-0.39, 0.29) is 0 Å². The third-order valence-corrected chi connectivity index (χ3v) is 14.0. The van der Waals surface area contributed by atoms with Crippen LogP contribution in [0.15, 0.2) is 50.1 Å². The van der Waals surface area contributed by atoms with Gasteiger partial charge in [-0.05, 0) is 88.0 Å². The maximum atomic E-state index is 6.38. The van der Waals surface area contributed by atoms with Crippen molar-refractivity contribution in [3.63, 3.8) is 0 Å². The maximum absolute atomic E-state index is 6.38. The van der Waals surface area contributed by atoms with Crippen LogP contribution in [0, 0.1) is 17.8 Å². The Hall–Kier alpha value is -1.28. The lowest BCUT2D eigenvalue weighted by Gasteiger charge is -2.46. The lowest BCUT2D eigenvalue weighted by molar-refractivity contribution is -0.934. The number of piperidine rings is 4. The average Bonchev–Trinajstić information content (AvgIpc) is 3.07. The van der Waals surface area contributed by atoms with Crippen LogP contribution in [0.1, 0.15) is 83.5 Å². The first-order valence-electron chi connectivity index (χ1n) is 21.0. The largest absolute Gasteiger partial charge is 0.381 e. The van der Waals surface area contributed by atoms with E-state index in [1.807, 2.05) is 0 Å². The fourth-order valence-corrected chi connectivity index (χ4v) is 10.7. The van der Waals surface area contributed by atoms with Crippen LogP contribution in [0.2, 0.25) is 0 Å². The minimum atomic E-state index is 0.644. The first-order valence-corrected chi connectivity index (χ1v) is 21.0. The average molecular weight is 699 g/mol. The maximum Gasteiger partial charge on any atom is 0.0971 e. The normalized spacial score (nSPS) is 38.2. The first-order chi connectivity index (χ1) is 24.0. The molecule has 50 heavy (non-hydrogen) atoms. The molecule has 4 saturated heterocycles. The summed E-state index contributed by atoms with van der Waals surface area (Å²) in [6.45, 7) is 28.0. The minimum absolute atomic E-state index is 0.644. The van der Waals surface area contributed by atoms with Crippen LogP contribution in [-0.4, -0.2) is 150 Å². The second kappa shape index (κ2) is 20.3. The summed E-state index contributed by atoms with van der Waals surface area (Å²) in [6, 6.07) is 1.36. The minimum Gasteiger partial charge on any atom is -0.381 e. The van der Waals surface area contributed by atoms with Crippen LogP contribution >= 0.6 is 0 Å². The summed E-state index contributed by atoms with van der Waals surface area (Å²) in [6.07, 6.45) is 28.4. The Morgan fingerprint density at radius 3 is 1.68 bits per heavy atom. The summed E-state index contributed by atoms with van der Waals surface area (Å²) in [7, 11) is 9.80. The number of nitrogens with zero attached hydrogens (tertiary/aromatic N) is 4. The number of likely N-dealkylation sites (tertiary alicyclic amines) is 4. The molecule has 0 aromatic heterocycles. The molecule has 4 aliphatic rings. The highest BCUT2D eigenvalue weighted by Crippen LogP contribution is 2.32. The summed E-state index contributed by atoms with van der Waals surface area (Å²) in [5.74, 6) is 2.30. The quantitative estimate of drug-likeness (QED) is 0.0698. The van der Waals surface area contributed by atoms with Gasteiger partial charge in [-0.3, -0.25) is 0 Å². The number of likely N-dealkylation sites (N-methyl/N-ethyl adjacent to an activating group) is 4. The van der Waals surface area contributed by atoms with Crippen molar-refractivity contribution in [1.29, 1.82) is 0 Å². The van der Waals surface area contributed by atoms with Crippen LogP contribution in [0.4, 0.5) is 0 Å². The fourth-order valence-electron chi connectivity index (χ4n) is 10.7. The first kappa shape index (κ1) is 41.5. The SMILES string of the molecule is C=CC[N+]1(C)CCCC(CCOCCC2CCC[N+](C)(C/C=C/C3CC[N+](C)(CC=C)C(CCOCCC4CCCC[N+]4(C)CC=C)C3)C2)C1. The van der Waals surface area contributed by atoms with Crippen LogP contribution in [0.25, 0.3) is 0 Å². The number of hydrogen-bond donors (Lipinski definition) is 0. The van der Waals surface area contributed by atoms with Gasteiger partial charge in [0.25, 0.3) is 0 Å². The van der Waals surface area contributed by atoms with E-state index >= 15 is 0 Å². The summed E-state index contributed by atoms with van der Waals surface area (Å²) >= 11 is 0. The van der Waals surface area contributed by atoms with E-state index < -0.39 is 0 Å². The van der Waals surface area contributed by atoms with Crippen molar-refractivity contribution >= 4 is 0 Å². The number of rotatable bonds is 21. The second-order valence-corrected chi connectivity index (χ2v) is 18.5. The number of hydrogen-bond acceptors (Lipinski definition) is 2. The molecule has 4 aliphatic heterocycles. The molecule has 4 heterocycles. The van der Waals surface area contributed by atoms with Crippen molar-refractivity contribution in [1.82, 2.24) is 0 Å². The molecule has 4 fully saturated rings. The molecule has 0 radical (unpaired) electrons. The predicted octanol–water partition coefficient (Wildman–Crippen LogP) is 7.63. The van der Waals surface area contributed by atoms with Crippen molar-refractivity contribution in [2.45, 2.75) is 95.6 Å². The topological polar surface area (TPSA) is 18.5 Å². The van der Waals surface area contributed by atoms with Crippen LogP contribution < -0.4 is 0 Å². The highest BCUT2D eigenvalue weighted by atomic mass is 16.5. The van der Waals surface area contributed by atoms with Crippen molar-refractivity contribution in [2.24, 2.45) is 17.8 Å². The molecule has 4 rings (SSSR count). The Morgan fingerprint density at radius 1 is 0.540 bits per heavy atom. The molecule has 0 saturated carbocycles. The summed E-state index contributed by atoms with van der Waals surface area (Å²) in [4.78, 5) is 0. The molecule has 0 aliphatic carbocycles. The van der Waals surface area contributed by atoms with Gasteiger partial charge in [-0.15, -0.1) is 0 Å². The monoisotopic (exact) mass is 699 g/mol. The molecule has 0 spiro atoms. The van der Waals surface area contributed by atoms with Crippen molar-refractivity contribution < 1.29 is 27.4 Å². The van der Waals surface area contributed by atoms with Crippen LogP contribution in [0.5, 0.6) is 0 Å². The highest BCUT2D eigenvalue weighted by molar-refractivity contribution is 4.92. The molecule has 0 amide bonds. The van der Waals surface area contributed by atoms with Gasteiger partial charge in [0.1, 0.15) is 0 Å². The summed E-state index contributed by atoms with van der Waals surface area (Å²) in [5.41, 5.74) is 0. The van der Waals surface area contributed by atoms with E-state index in [0.29, 0.717) is 12.0 Å². The fraction of sp³-hybridized carbons (Fsp3) is 0.818. The van der Waals surface area contributed by atoms with E-state index in [1.54, 1.807) is 0 Å². The van der Waals surface area contributed by atoms with Gasteiger partial charge in [0.2, 0.25) is 0 Å². The molecule has 0 aromatic rings. The van der Waals surface area contributed by atoms with Gasteiger partial charge in [-0.1, -0.05) is 25.8 Å². The van der Waals surface area contributed by atoms with Gasteiger partial charge < -0.3 is 27.4 Å². The van der Waals surface area contributed by atoms with Gasteiger partial charge in [0.15, 0.2) is 0 Å². The van der Waals surface area contributed by atoms with Gasteiger partial charge in [-0.2, -0.15) is 0 Å². The molecule has 6 heteroatoms. The Morgan fingerprint density at radius 2 is 1.08 bits per heavy atom. The van der Waals surface area contributed by atoms with E-state index in [0.717, 1.165) is 79.3 Å². The predicted molar refractivity (Wildman–Crippen MR) is 213 cm³/mol. The third kappa shape index (κ3) is 12.7. The lowest BCUT2D eigenvalue weighted by Crippen LogP contribution is -2.57. The smallest absolute Gasteiger partial charge is 0.0971 e. The van der Waals surface area contributed by atoms with E-state index in [2.05, 4.69) is 78.3 Å². The summed E-state index contributed by atoms with van der Waals surface area (Å²) < 4.78 is 17.3. The summed E-state index contributed by atoms with van der Waals surface area (Å²) in [5, 5.41) is 0. The Balaban J connectivity index is 1.16. The van der Waals surface area contributed by atoms with E-state index in [1.165, 1.54) is 132 Å². The van der Waals surface area contributed by atoms with E-state index in [9.17, 15) is 0 Å². The molecule has 0 N–H and O–H groups in total. The molecule has 0 aromatic carbocycles. The molecule has 0 bridgehead atoms. The third-order valence-electron chi connectivity index (χ3n) is 14.0. The Kier molecular flexibility index (Phi) is 16.8. The van der Waals surface area contributed by atoms with Crippen LogP contribution in [0.3, 0.4) is 0 Å². The van der Waals surface area contributed by atoms with Crippen molar-refractivity contribution in [3.05, 3.63) is 50.1 Å². The number of ether oxygens (including phenoxy) is 2. The van der Waals surface area contributed by atoms with Crippen molar-refractivity contribution in [2.75, 3.05) is 120 Å². The van der Waals surface area contributed by atoms with Gasteiger partial charge >= 0.3 is 0 Å². The highest BCUT2D eigenvalue weighted by Gasteiger charge is 2.38. The van der Waals surface area contributed by atoms with Gasteiger partial charge in [0, 0.05) is 50.7 Å². The molecule has 286 valence electrons. The molecule has 6 nitrogen and oxygen atoms in total. The number of allylic oxidation sites excluding steroid dienone is 1. The number of quaternary nitrogens is 4. The van der Waals surface area contributed by atoms with Crippen LogP contribution in [-0.2, 0) is 9.47 Å². The standard InChI is InChI=1S/C44H82N4O2/c1-8-25-45(4)28-14-17-41(38-45)21-33-49-34-22-42-18-15-30-46(5,39-42)29-13-16-40-20-32-48(7,27-10-3)44(37-40)24-36-50-35-23-43-19-11-12-31-47(43,6)26-9-2/h8-10,13,16,40-44H,1-3,11-12,14-15,17-39H2,4-7H3/q+4/b16-13+. The van der Waals surface area contributed by atoms with Gasteiger partial charge in [-0.25, -0.2) is 0 Å². The van der Waals surface area contributed by atoms with Crippen molar-refractivity contribution in [3.8, 4) is 0 Å². The Bertz CT molecular complexity index is 1060. The zero-order chi connectivity index (χ0) is 35.9. The molecular weight excluding hydrogens is 617 g/mol. The van der Waals surface area contributed by atoms with Gasteiger partial charge in [0.05, 0.1) is 119 Å². The zero-order valence-electron chi connectivity index (χ0n) is 33.6. The second-order valence-electron chi connectivity index (χ2n) is 18.5.